The highest BCUT2D eigenvalue weighted by Gasteiger charge is 2.30. The van der Waals surface area contributed by atoms with Gasteiger partial charge in [-0.2, -0.15) is 8.78 Å². The average Bonchev–Trinajstić information content (AvgIpc) is 2.91. The Kier molecular flexibility index (Phi) is 5.18. The molecule has 1 fully saturated rings. The van der Waals surface area contributed by atoms with E-state index in [1.54, 1.807) is 13.8 Å². The van der Waals surface area contributed by atoms with E-state index in [0.717, 1.165) is 0 Å². The largest absolute Gasteiger partial charge is 0.481 e. The Balaban J connectivity index is 2.07. The highest BCUT2D eigenvalue weighted by atomic mass is 19.3. The van der Waals surface area contributed by atoms with E-state index in [1.165, 1.54) is 12.1 Å². The van der Waals surface area contributed by atoms with E-state index in [-0.39, 0.29) is 17.7 Å². The van der Waals surface area contributed by atoms with Crippen molar-refractivity contribution in [2.45, 2.75) is 45.8 Å². The summed E-state index contributed by atoms with van der Waals surface area (Å²) in [6.45, 7) is 0.271. The quantitative estimate of drug-likeness (QED) is 0.872. The Morgan fingerprint density at radius 2 is 1.87 bits per heavy atom. The summed E-state index contributed by atoms with van der Waals surface area (Å²) < 4.78 is 29.2. The third kappa shape index (κ3) is 4.18. The Bertz CT molecular complexity index is 595. The van der Waals surface area contributed by atoms with E-state index in [1.807, 2.05) is 0 Å². The van der Waals surface area contributed by atoms with Gasteiger partial charge < -0.3 is 15.2 Å². The number of amides is 1. The number of halogens is 2. The molecule has 1 amide bonds. The van der Waals surface area contributed by atoms with Crippen molar-refractivity contribution in [2.75, 3.05) is 0 Å². The minimum absolute atomic E-state index is 0.0726. The zero-order chi connectivity index (χ0) is 17.1. The molecule has 2 N–H and O–H groups in total. The number of aliphatic carboxylic acids is 1. The van der Waals surface area contributed by atoms with E-state index in [0.29, 0.717) is 36.0 Å². The van der Waals surface area contributed by atoms with Crippen molar-refractivity contribution < 1.29 is 28.2 Å². The van der Waals surface area contributed by atoms with Crippen LogP contribution in [0.2, 0.25) is 0 Å². The Morgan fingerprint density at radius 1 is 1.26 bits per heavy atom. The molecule has 0 radical (unpaired) electrons. The molecular weight excluding hydrogens is 308 g/mol. The van der Waals surface area contributed by atoms with Gasteiger partial charge in [-0.3, -0.25) is 9.59 Å². The van der Waals surface area contributed by atoms with Crippen LogP contribution >= 0.6 is 0 Å². The van der Waals surface area contributed by atoms with Gasteiger partial charge in [0.25, 0.3) is 5.91 Å². The van der Waals surface area contributed by atoms with Crippen molar-refractivity contribution in [3.63, 3.8) is 0 Å². The molecule has 1 aliphatic rings. The zero-order valence-electron chi connectivity index (χ0n) is 12.9. The fourth-order valence-corrected chi connectivity index (χ4v) is 2.96. The fourth-order valence-electron chi connectivity index (χ4n) is 2.96. The molecule has 1 aromatic carbocycles. The smallest absolute Gasteiger partial charge is 0.387 e. The second-order valence-electron chi connectivity index (χ2n) is 5.84. The molecule has 23 heavy (non-hydrogen) atoms. The molecule has 1 saturated carbocycles. The van der Waals surface area contributed by atoms with Crippen molar-refractivity contribution in [1.29, 1.82) is 0 Å². The van der Waals surface area contributed by atoms with Gasteiger partial charge in [0.15, 0.2) is 0 Å². The van der Waals surface area contributed by atoms with Gasteiger partial charge >= 0.3 is 12.6 Å². The van der Waals surface area contributed by atoms with Crippen molar-refractivity contribution in [3.05, 3.63) is 28.8 Å². The summed E-state index contributed by atoms with van der Waals surface area (Å²) in [6, 6.07) is 2.80. The van der Waals surface area contributed by atoms with Gasteiger partial charge in [0.05, 0.1) is 5.92 Å². The topological polar surface area (TPSA) is 75.6 Å². The highest BCUT2D eigenvalue weighted by molar-refractivity contribution is 5.95. The molecule has 0 aromatic heterocycles. The van der Waals surface area contributed by atoms with Crippen molar-refractivity contribution >= 4 is 11.9 Å². The van der Waals surface area contributed by atoms with Crippen LogP contribution in [0.25, 0.3) is 0 Å². The lowest BCUT2D eigenvalue weighted by Crippen LogP contribution is -2.33. The molecule has 0 aliphatic heterocycles. The first-order valence-corrected chi connectivity index (χ1v) is 7.37. The molecule has 1 aliphatic carbocycles. The van der Waals surface area contributed by atoms with Crippen LogP contribution in [0.4, 0.5) is 8.78 Å². The average molecular weight is 327 g/mol. The fraction of sp³-hybridized carbons (Fsp3) is 0.500. The number of aryl methyl sites for hydroxylation is 2. The van der Waals surface area contributed by atoms with E-state index < -0.39 is 18.5 Å². The number of carbonyl (C=O) groups excluding carboxylic acids is 1. The molecule has 5 nitrogen and oxygen atoms in total. The third-order valence-corrected chi connectivity index (χ3v) is 4.05. The number of hydrogen-bond donors (Lipinski definition) is 2. The van der Waals surface area contributed by atoms with Crippen LogP contribution in [-0.4, -0.2) is 29.6 Å². The first kappa shape index (κ1) is 17.2. The predicted octanol–water partition coefficient (Wildman–Crippen LogP) is 2.89. The van der Waals surface area contributed by atoms with Crippen LogP contribution in [0.1, 0.15) is 40.7 Å². The lowest BCUT2D eigenvalue weighted by molar-refractivity contribution is -0.141. The second-order valence-corrected chi connectivity index (χ2v) is 5.84. The highest BCUT2D eigenvalue weighted by Crippen LogP contribution is 2.28. The maximum atomic E-state index is 12.4. The summed E-state index contributed by atoms with van der Waals surface area (Å²) in [7, 11) is 0. The Hall–Kier alpha value is -2.18. The van der Waals surface area contributed by atoms with Gasteiger partial charge in [-0.25, -0.2) is 0 Å². The third-order valence-electron chi connectivity index (χ3n) is 4.05. The number of carboxylic acids is 1. The number of ether oxygens (including phenoxy) is 1. The summed E-state index contributed by atoms with van der Waals surface area (Å²) in [6.07, 6.45) is 1.57. The number of carbonyl (C=O) groups is 2. The van der Waals surface area contributed by atoms with Gasteiger partial charge in [-0.15, -0.1) is 0 Å². The number of carboxylic acid groups (broad SMARTS) is 1. The van der Waals surface area contributed by atoms with E-state index >= 15 is 0 Å². The lowest BCUT2D eigenvalue weighted by atomic mass is 10.0. The summed E-state index contributed by atoms with van der Waals surface area (Å²) in [5, 5.41) is 11.8. The van der Waals surface area contributed by atoms with Gasteiger partial charge in [0.2, 0.25) is 0 Å². The van der Waals surface area contributed by atoms with Crippen LogP contribution in [0.3, 0.4) is 0 Å². The first-order valence-electron chi connectivity index (χ1n) is 7.37. The first-order chi connectivity index (χ1) is 10.8. The maximum Gasteiger partial charge on any atom is 0.387 e. The Labute approximate surface area is 132 Å². The molecule has 0 saturated heterocycles. The molecule has 0 spiro atoms. The standard InChI is InChI=1S/C16H19F2NO4/c1-8-5-11(6-9(2)13(8)23-16(17)18)14(20)19-12-4-3-10(7-12)15(21)22/h5-6,10,12,16H,3-4,7H2,1-2H3,(H,19,20)(H,21,22)/t10-,12+/m1/s1. The summed E-state index contributed by atoms with van der Waals surface area (Å²) in [5.74, 6) is -1.54. The Morgan fingerprint density at radius 3 is 2.35 bits per heavy atom. The summed E-state index contributed by atoms with van der Waals surface area (Å²) >= 11 is 0. The maximum absolute atomic E-state index is 12.4. The predicted molar refractivity (Wildman–Crippen MR) is 78.8 cm³/mol. The molecule has 0 heterocycles. The number of rotatable bonds is 5. The molecule has 1 aromatic rings. The van der Waals surface area contributed by atoms with Gasteiger partial charge in [0.1, 0.15) is 5.75 Å². The van der Waals surface area contributed by atoms with Gasteiger partial charge in [-0.05, 0) is 56.4 Å². The normalized spacial score (nSPS) is 20.6. The van der Waals surface area contributed by atoms with Crippen LogP contribution in [0.5, 0.6) is 5.75 Å². The number of alkyl halides is 2. The SMILES string of the molecule is Cc1cc(C(=O)N[C@H]2CC[C@@H](C(=O)O)C2)cc(C)c1OC(F)F. The number of hydrogen-bond acceptors (Lipinski definition) is 3. The molecule has 0 bridgehead atoms. The second kappa shape index (κ2) is 6.93. The van der Waals surface area contributed by atoms with Gasteiger partial charge in [-0.1, -0.05) is 0 Å². The summed E-state index contributed by atoms with van der Waals surface area (Å²) in [5.41, 5.74) is 1.25. The minimum Gasteiger partial charge on any atom is -0.481 e. The van der Waals surface area contributed by atoms with Crippen molar-refractivity contribution in [1.82, 2.24) is 5.32 Å². The van der Waals surface area contributed by atoms with E-state index in [2.05, 4.69) is 10.1 Å². The van der Waals surface area contributed by atoms with Crippen LogP contribution in [0, 0.1) is 19.8 Å². The van der Waals surface area contributed by atoms with Crippen molar-refractivity contribution in [3.8, 4) is 5.75 Å². The van der Waals surface area contributed by atoms with E-state index in [4.69, 9.17) is 5.11 Å². The molecule has 0 unspecified atom stereocenters. The van der Waals surface area contributed by atoms with Crippen LogP contribution in [-0.2, 0) is 4.79 Å². The summed E-state index contributed by atoms with van der Waals surface area (Å²) in [4.78, 5) is 23.2. The molecule has 7 heteroatoms. The number of benzene rings is 1. The zero-order valence-corrected chi connectivity index (χ0v) is 12.9. The lowest BCUT2D eigenvalue weighted by Gasteiger charge is -2.15. The monoisotopic (exact) mass is 327 g/mol. The van der Waals surface area contributed by atoms with Crippen LogP contribution in [0.15, 0.2) is 12.1 Å². The molecule has 126 valence electrons. The van der Waals surface area contributed by atoms with Gasteiger partial charge in [0, 0.05) is 11.6 Å². The van der Waals surface area contributed by atoms with Crippen LogP contribution < -0.4 is 10.1 Å². The molecule has 2 rings (SSSR count). The van der Waals surface area contributed by atoms with Crippen molar-refractivity contribution in [2.24, 2.45) is 5.92 Å². The minimum atomic E-state index is -2.92. The molecule has 2 atom stereocenters. The van der Waals surface area contributed by atoms with E-state index in [9.17, 15) is 18.4 Å². The molecular formula is C16H19F2NO4. The number of nitrogens with one attached hydrogen (secondary N) is 1.